The first-order valence-corrected chi connectivity index (χ1v) is 3.41. The number of rotatable bonds is 0. The molecule has 0 aliphatic carbocycles. The van der Waals surface area contributed by atoms with Crippen LogP contribution < -0.4 is 5.84 Å². The van der Waals surface area contributed by atoms with E-state index >= 15 is 0 Å². The van der Waals surface area contributed by atoms with Gasteiger partial charge in [0, 0.05) is 25.1 Å². The fourth-order valence-corrected chi connectivity index (χ4v) is 1.27. The van der Waals surface area contributed by atoms with Crippen molar-refractivity contribution in [1.82, 2.24) is 5.01 Å². The first-order chi connectivity index (χ1) is 4.86. The fourth-order valence-electron chi connectivity index (χ4n) is 1.27. The Hall–Kier alpha value is -0.800. The first kappa shape index (κ1) is 5.95. The number of nitrogens with two attached hydrogens (primary N) is 1. The Morgan fingerprint density at radius 1 is 1.60 bits per heavy atom. The summed E-state index contributed by atoms with van der Waals surface area (Å²) in [6.45, 7) is 1.73. The number of furan rings is 1. The van der Waals surface area contributed by atoms with E-state index in [1.165, 1.54) is 5.56 Å². The largest absolute Gasteiger partial charge is 0.469 e. The molecule has 0 unspecified atom stereocenters. The van der Waals surface area contributed by atoms with E-state index in [1.54, 1.807) is 11.3 Å². The molecule has 3 nitrogen and oxygen atoms in total. The third kappa shape index (κ3) is 0.836. The van der Waals surface area contributed by atoms with Crippen molar-refractivity contribution in [3.63, 3.8) is 0 Å². The average molecular weight is 138 g/mol. The Kier molecular flexibility index (Phi) is 1.25. The van der Waals surface area contributed by atoms with Crippen molar-refractivity contribution in [2.24, 2.45) is 5.84 Å². The summed E-state index contributed by atoms with van der Waals surface area (Å²) in [6.07, 6.45) is 2.67. The second kappa shape index (κ2) is 2.11. The minimum absolute atomic E-state index is 0.825. The predicted octanol–water partition coefficient (Wildman–Crippen LogP) is 0.511. The third-order valence-corrected chi connectivity index (χ3v) is 1.84. The number of hydrazine groups is 1. The van der Waals surface area contributed by atoms with Crippen molar-refractivity contribution in [2.45, 2.75) is 13.0 Å². The monoisotopic (exact) mass is 138 g/mol. The molecule has 2 heterocycles. The molecule has 54 valence electrons. The van der Waals surface area contributed by atoms with E-state index in [2.05, 4.69) is 0 Å². The molecule has 0 saturated carbocycles. The van der Waals surface area contributed by atoms with E-state index in [-0.39, 0.29) is 0 Å². The lowest BCUT2D eigenvalue weighted by molar-refractivity contribution is 0.249. The second-order valence-electron chi connectivity index (χ2n) is 2.59. The van der Waals surface area contributed by atoms with Gasteiger partial charge in [0.05, 0.1) is 6.26 Å². The number of nitrogens with zero attached hydrogens (tertiary/aromatic N) is 1. The molecule has 0 bridgehead atoms. The van der Waals surface area contributed by atoms with Gasteiger partial charge in [0.1, 0.15) is 5.76 Å². The minimum Gasteiger partial charge on any atom is -0.469 e. The Labute approximate surface area is 59.4 Å². The van der Waals surface area contributed by atoms with E-state index in [9.17, 15) is 0 Å². The molecular weight excluding hydrogens is 128 g/mol. The van der Waals surface area contributed by atoms with Crippen molar-refractivity contribution >= 4 is 0 Å². The molecule has 0 radical (unpaired) electrons. The zero-order chi connectivity index (χ0) is 6.97. The van der Waals surface area contributed by atoms with Crippen LogP contribution in [-0.2, 0) is 13.0 Å². The lowest BCUT2D eigenvalue weighted by atomic mass is 10.1. The normalized spacial score (nSPS) is 18.9. The van der Waals surface area contributed by atoms with Crippen LogP contribution in [0.1, 0.15) is 11.3 Å². The van der Waals surface area contributed by atoms with Crippen molar-refractivity contribution in [3.05, 3.63) is 23.7 Å². The van der Waals surface area contributed by atoms with Gasteiger partial charge in [0.2, 0.25) is 0 Å². The summed E-state index contributed by atoms with van der Waals surface area (Å²) in [5.74, 6) is 6.70. The van der Waals surface area contributed by atoms with Crippen LogP contribution in [0.25, 0.3) is 0 Å². The van der Waals surface area contributed by atoms with Gasteiger partial charge in [-0.05, 0) is 6.07 Å². The zero-order valence-corrected chi connectivity index (χ0v) is 5.71. The Morgan fingerprint density at radius 2 is 2.50 bits per heavy atom. The summed E-state index contributed by atoms with van der Waals surface area (Å²) < 4.78 is 5.22. The van der Waals surface area contributed by atoms with Crippen LogP contribution in [0.15, 0.2) is 16.7 Å². The molecule has 0 fully saturated rings. The van der Waals surface area contributed by atoms with Crippen LogP contribution in [0.2, 0.25) is 0 Å². The van der Waals surface area contributed by atoms with Gasteiger partial charge in [-0.1, -0.05) is 0 Å². The van der Waals surface area contributed by atoms with Crippen molar-refractivity contribution in [1.29, 1.82) is 0 Å². The molecule has 1 aromatic rings. The molecule has 2 rings (SSSR count). The van der Waals surface area contributed by atoms with Gasteiger partial charge in [-0.2, -0.15) is 0 Å². The van der Waals surface area contributed by atoms with Crippen LogP contribution in [0.3, 0.4) is 0 Å². The maximum Gasteiger partial charge on any atom is 0.109 e. The van der Waals surface area contributed by atoms with Gasteiger partial charge in [-0.15, -0.1) is 0 Å². The molecule has 0 saturated heterocycles. The summed E-state index contributed by atoms with van der Waals surface area (Å²) in [5.41, 5.74) is 1.23. The maximum atomic E-state index is 5.60. The zero-order valence-electron chi connectivity index (χ0n) is 5.71. The number of fused-ring (bicyclic) bond motifs is 1. The molecule has 0 aromatic carbocycles. The summed E-state index contributed by atoms with van der Waals surface area (Å²) in [6, 6.07) is 1.98. The molecule has 1 aromatic heterocycles. The quantitative estimate of drug-likeness (QED) is 0.531. The van der Waals surface area contributed by atoms with Gasteiger partial charge < -0.3 is 4.42 Å². The molecule has 2 N–H and O–H groups in total. The highest BCUT2D eigenvalue weighted by Gasteiger charge is 2.14. The van der Waals surface area contributed by atoms with Crippen LogP contribution >= 0.6 is 0 Å². The van der Waals surface area contributed by atoms with E-state index in [4.69, 9.17) is 10.3 Å². The second-order valence-corrected chi connectivity index (χ2v) is 2.59. The Balaban J connectivity index is 2.30. The molecule has 0 atom stereocenters. The SMILES string of the molecule is NN1CCc2occc2C1. The summed E-state index contributed by atoms with van der Waals surface area (Å²) in [5, 5.41) is 1.80. The van der Waals surface area contributed by atoms with Crippen LogP contribution in [0.5, 0.6) is 0 Å². The fraction of sp³-hybridized carbons (Fsp3) is 0.429. The molecule has 3 heteroatoms. The molecule has 1 aliphatic rings. The van der Waals surface area contributed by atoms with Crippen LogP contribution in [0.4, 0.5) is 0 Å². The van der Waals surface area contributed by atoms with E-state index in [0.717, 1.165) is 25.3 Å². The molecule has 0 spiro atoms. The summed E-state index contributed by atoms with van der Waals surface area (Å²) >= 11 is 0. The van der Waals surface area contributed by atoms with Crippen molar-refractivity contribution < 1.29 is 4.42 Å². The minimum atomic E-state index is 0.825. The number of hydrogen-bond donors (Lipinski definition) is 1. The predicted molar refractivity (Wildman–Crippen MR) is 37.0 cm³/mol. The standard InChI is InChI=1S/C7H10N2O/c8-9-3-1-7-6(5-9)2-4-10-7/h2,4H,1,3,5,8H2. The Bertz CT molecular complexity index is 231. The highest BCUT2D eigenvalue weighted by molar-refractivity contribution is 5.19. The smallest absolute Gasteiger partial charge is 0.109 e. The maximum absolute atomic E-state index is 5.60. The summed E-state index contributed by atoms with van der Waals surface area (Å²) in [4.78, 5) is 0. The first-order valence-electron chi connectivity index (χ1n) is 3.41. The Morgan fingerprint density at radius 3 is 3.40 bits per heavy atom. The molecular formula is C7H10N2O. The summed E-state index contributed by atoms with van der Waals surface area (Å²) in [7, 11) is 0. The van der Waals surface area contributed by atoms with E-state index < -0.39 is 0 Å². The number of hydrogen-bond acceptors (Lipinski definition) is 3. The van der Waals surface area contributed by atoms with Gasteiger partial charge in [-0.25, -0.2) is 5.01 Å². The third-order valence-electron chi connectivity index (χ3n) is 1.84. The van der Waals surface area contributed by atoms with Gasteiger partial charge >= 0.3 is 0 Å². The lowest BCUT2D eigenvalue weighted by Gasteiger charge is -2.20. The highest BCUT2D eigenvalue weighted by atomic mass is 16.3. The topological polar surface area (TPSA) is 42.4 Å². The van der Waals surface area contributed by atoms with Crippen molar-refractivity contribution in [3.8, 4) is 0 Å². The van der Waals surface area contributed by atoms with Crippen LogP contribution in [0, 0.1) is 0 Å². The van der Waals surface area contributed by atoms with Gasteiger partial charge in [0.25, 0.3) is 0 Å². The molecule has 10 heavy (non-hydrogen) atoms. The molecule has 0 amide bonds. The van der Waals surface area contributed by atoms with E-state index in [0.29, 0.717) is 0 Å². The average Bonchev–Trinajstić information content (AvgIpc) is 2.33. The lowest BCUT2D eigenvalue weighted by Crippen LogP contribution is -2.35. The van der Waals surface area contributed by atoms with E-state index in [1.807, 2.05) is 6.07 Å². The van der Waals surface area contributed by atoms with Gasteiger partial charge in [0.15, 0.2) is 0 Å². The highest BCUT2D eigenvalue weighted by Crippen LogP contribution is 2.16. The van der Waals surface area contributed by atoms with Crippen molar-refractivity contribution in [2.75, 3.05) is 6.54 Å². The molecule has 1 aliphatic heterocycles. The van der Waals surface area contributed by atoms with Gasteiger partial charge in [-0.3, -0.25) is 5.84 Å². The van der Waals surface area contributed by atoms with Crippen LogP contribution in [-0.4, -0.2) is 11.6 Å².